The van der Waals surface area contributed by atoms with Gasteiger partial charge in [-0.3, -0.25) is 0 Å². The summed E-state index contributed by atoms with van der Waals surface area (Å²) in [6.07, 6.45) is 5.46. The molecular weight excluding hydrogens is 338 g/mol. The first-order valence-electron chi connectivity index (χ1n) is 9.33. The molecule has 0 fully saturated rings. The second-order valence-corrected chi connectivity index (χ2v) is 6.78. The van der Waals surface area contributed by atoms with E-state index in [9.17, 15) is 0 Å². The van der Waals surface area contributed by atoms with Crippen LogP contribution < -0.4 is 4.90 Å². The molecule has 0 bridgehead atoms. The van der Waals surface area contributed by atoms with Crippen molar-refractivity contribution in [3.8, 4) is 23.5 Å². The molecule has 0 saturated heterocycles. The van der Waals surface area contributed by atoms with Crippen molar-refractivity contribution in [2.24, 2.45) is 0 Å². The predicted molar refractivity (Wildman–Crippen MR) is 119 cm³/mol. The molecule has 134 valence electrons. The standard InChI is InChI=1S/C27H21N/c1-3-22-11-13-23(14-12-22)24-15-19-27(20-16-24)28(25-7-5-4-6-8-25)26-17-9-21(2)10-18-26/h1,4-20H,2H3. The minimum absolute atomic E-state index is 0.898. The molecule has 0 unspecified atom stereocenters. The molecule has 0 radical (unpaired) electrons. The fourth-order valence-electron chi connectivity index (χ4n) is 3.28. The summed E-state index contributed by atoms with van der Waals surface area (Å²) in [7, 11) is 0. The van der Waals surface area contributed by atoms with Crippen LogP contribution in [-0.2, 0) is 0 Å². The lowest BCUT2D eigenvalue weighted by molar-refractivity contribution is 1.27. The second-order valence-electron chi connectivity index (χ2n) is 6.78. The van der Waals surface area contributed by atoms with Crippen molar-refractivity contribution in [3.63, 3.8) is 0 Å². The molecular formula is C27H21N. The van der Waals surface area contributed by atoms with Crippen molar-refractivity contribution in [1.29, 1.82) is 0 Å². The summed E-state index contributed by atoms with van der Waals surface area (Å²) in [5, 5.41) is 0. The van der Waals surface area contributed by atoms with Gasteiger partial charge in [0.15, 0.2) is 0 Å². The minimum atomic E-state index is 0.898. The van der Waals surface area contributed by atoms with Gasteiger partial charge in [-0.1, -0.05) is 66.1 Å². The SMILES string of the molecule is C#Cc1ccc(-c2ccc(N(c3ccccc3)c3ccc(C)cc3)cc2)cc1. The molecule has 0 aromatic heterocycles. The largest absolute Gasteiger partial charge is 0.311 e. The lowest BCUT2D eigenvalue weighted by Gasteiger charge is -2.25. The molecule has 0 N–H and O–H groups in total. The Morgan fingerprint density at radius 1 is 0.571 bits per heavy atom. The molecule has 0 atom stereocenters. The van der Waals surface area contributed by atoms with Gasteiger partial charge in [0.05, 0.1) is 0 Å². The highest BCUT2D eigenvalue weighted by molar-refractivity contribution is 5.78. The Bertz CT molecular complexity index is 1080. The first-order valence-corrected chi connectivity index (χ1v) is 9.33. The normalized spacial score (nSPS) is 10.3. The molecule has 4 aromatic rings. The number of rotatable bonds is 4. The summed E-state index contributed by atoms with van der Waals surface area (Å²) in [6, 6.07) is 35.8. The van der Waals surface area contributed by atoms with Crippen LogP contribution in [0.25, 0.3) is 11.1 Å². The average molecular weight is 359 g/mol. The number of hydrogen-bond donors (Lipinski definition) is 0. The first kappa shape index (κ1) is 17.6. The van der Waals surface area contributed by atoms with Gasteiger partial charge in [0.2, 0.25) is 0 Å². The van der Waals surface area contributed by atoms with Gasteiger partial charge in [0.25, 0.3) is 0 Å². The van der Waals surface area contributed by atoms with Crippen molar-refractivity contribution in [1.82, 2.24) is 0 Å². The smallest absolute Gasteiger partial charge is 0.0462 e. The monoisotopic (exact) mass is 359 g/mol. The summed E-state index contributed by atoms with van der Waals surface area (Å²) < 4.78 is 0. The van der Waals surface area contributed by atoms with Crippen LogP contribution in [-0.4, -0.2) is 0 Å². The summed E-state index contributed by atoms with van der Waals surface area (Å²) >= 11 is 0. The zero-order valence-corrected chi connectivity index (χ0v) is 15.8. The fourth-order valence-corrected chi connectivity index (χ4v) is 3.28. The Balaban J connectivity index is 1.72. The van der Waals surface area contributed by atoms with E-state index in [0.29, 0.717) is 0 Å². The molecule has 0 amide bonds. The zero-order valence-electron chi connectivity index (χ0n) is 15.8. The highest BCUT2D eigenvalue weighted by Gasteiger charge is 2.12. The van der Waals surface area contributed by atoms with E-state index >= 15 is 0 Å². The Morgan fingerprint density at radius 3 is 1.57 bits per heavy atom. The van der Waals surface area contributed by atoms with Crippen LogP contribution in [0.3, 0.4) is 0 Å². The maximum absolute atomic E-state index is 5.46. The number of benzene rings is 4. The molecule has 28 heavy (non-hydrogen) atoms. The van der Waals surface area contributed by atoms with E-state index in [0.717, 1.165) is 28.2 Å². The number of anilines is 3. The molecule has 0 aliphatic carbocycles. The number of para-hydroxylation sites is 1. The van der Waals surface area contributed by atoms with Gasteiger partial charge in [0.1, 0.15) is 0 Å². The van der Waals surface area contributed by atoms with Gasteiger partial charge >= 0.3 is 0 Å². The van der Waals surface area contributed by atoms with Crippen molar-refractivity contribution in [2.75, 3.05) is 4.90 Å². The van der Waals surface area contributed by atoms with E-state index in [-0.39, 0.29) is 0 Å². The second kappa shape index (κ2) is 7.86. The van der Waals surface area contributed by atoms with E-state index in [4.69, 9.17) is 6.42 Å². The number of nitrogens with zero attached hydrogens (tertiary/aromatic N) is 1. The average Bonchev–Trinajstić information content (AvgIpc) is 2.77. The number of hydrogen-bond acceptors (Lipinski definition) is 1. The predicted octanol–water partition coefficient (Wildman–Crippen LogP) is 7.11. The van der Waals surface area contributed by atoms with E-state index in [2.05, 4.69) is 103 Å². The molecule has 0 aliphatic heterocycles. The molecule has 1 nitrogen and oxygen atoms in total. The van der Waals surface area contributed by atoms with Gasteiger partial charge < -0.3 is 4.90 Å². The summed E-state index contributed by atoms with van der Waals surface area (Å²) in [5.41, 5.74) is 7.88. The Hall–Kier alpha value is -3.76. The number of aryl methyl sites for hydroxylation is 1. The molecule has 4 rings (SSSR count). The quantitative estimate of drug-likeness (QED) is 0.351. The highest BCUT2D eigenvalue weighted by atomic mass is 15.1. The third-order valence-electron chi connectivity index (χ3n) is 4.82. The third-order valence-corrected chi connectivity index (χ3v) is 4.82. The van der Waals surface area contributed by atoms with Gasteiger partial charge in [-0.15, -0.1) is 6.42 Å². The van der Waals surface area contributed by atoms with Gasteiger partial charge in [-0.05, 0) is 66.6 Å². The Labute approximate surface area is 166 Å². The van der Waals surface area contributed by atoms with Gasteiger partial charge in [-0.2, -0.15) is 0 Å². The summed E-state index contributed by atoms with van der Waals surface area (Å²) in [4.78, 5) is 2.27. The third kappa shape index (κ3) is 3.68. The number of terminal acetylenes is 1. The van der Waals surface area contributed by atoms with Gasteiger partial charge in [0, 0.05) is 22.6 Å². The van der Waals surface area contributed by atoms with E-state index in [1.54, 1.807) is 0 Å². The lowest BCUT2D eigenvalue weighted by Crippen LogP contribution is -2.09. The van der Waals surface area contributed by atoms with Crippen LogP contribution in [0.4, 0.5) is 17.1 Å². The van der Waals surface area contributed by atoms with Crippen LogP contribution in [0.2, 0.25) is 0 Å². The van der Waals surface area contributed by atoms with Crippen LogP contribution in [0.1, 0.15) is 11.1 Å². The summed E-state index contributed by atoms with van der Waals surface area (Å²) in [5.74, 6) is 2.66. The topological polar surface area (TPSA) is 3.24 Å². The molecule has 0 heterocycles. The molecule has 1 heteroatoms. The first-order chi connectivity index (χ1) is 13.7. The highest BCUT2D eigenvalue weighted by Crippen LogP contribution is 2.35. The van der Waals surface area contributed by atoms with Crippen molar-refractivity contribution >= 4 is 17.1 Å². The Morgan fingerprint density at radius 2 is 1.04 bits per heavy atom. The van der Waals surface area contributed by atoms with Crippen LogP contribution >= 0.6 is 0 Å². The van der Waals surface area contributed by atoms with Gasteiger partial charge in [-0.25, -0.2) is 0 Å². The maximum Gasteiger partial charge on any atom is 0.0462 e. The molecule has 0 aliphatic rings. The zero-order chi connectivity index (χ0) is 19.3. The van der Waals surface area contributed by atoms with E-state index in [1.165, 1.54) is 11.1 Å². The van der Waals surface area contributed by atoms with E-state index < -0.39 is 0 Å². The molecule has 0 spiro atoms. The van der Waals surface area contributed by atoms with Crippen LogP contribution in [0, 0.1) is 19.3 Å². The van der Waals surface area contributed by atoms with E-state index in [1.807, 2.05) is 18.2 Å². The minimum Gasteiger partial charge on any atom is -0.311 e. The van der Waals surface area contributed by atoms with Crippen molar-refractivity contribution in [2.45, 2.75) is 6.92 Å². The van der Waals surface area contributed by atoms with Crippen LogP contribution in [0.5, 0.6) is 0 Å². The van der Waals surface area contributed by atoms with Crippen LogP contribution in [0.15, 0.2) is 103 Å². The molecule has 4 aromatic carbocycles. The van der Waals surface area contributed by atoms with Crippen molar-refractivity contribution < 1.29 is 0 Å². The maximum atomic E-state index is 5.46. The lowest BCUT2D eigenvalue weighted by atomic mass is 10.0. The fraction of sp³-hybridized carbons (Fsp3) is 0.0370. The summed E-state index contributed by atoms with van der Waals surface area (Å²) in [6.45, 7) is 2.11. The Kier molecular flexibility index (Phi) is 4.95. The molecule has 0 saturated carbocycles. The van der Waals surface area contributed by atoms with Crippen molar-refractivity contribution in [3.05, 3.63) is 114 Å².